The summed E-state index contributed by atoms with van der Waals surface area (Å²) in [5.41, 5.74) is 8.42. The highest BCUT2D eigenvalue weighted by atomic mass is 32.1. The summed E-state index contributed by atoms with van der Waals surface area (Å²) in [6, 6.07) is 0. The molecule has 0 aliphatic heterocycles. The summed E-state index contributed by atoms with van der Waals surface area (Å²) < 4.78 is 1.77. The molecule has 2 amide bonds. The summed E-state index contributed by atoms with van der Waals surface area (Å²) in [6.45, 7) is 6.74. The number of nitrogens with zero attached hydrogens (tertiary/aromatic N) is 2. The predicted molar refractivity (Wildman–Crippen MR) is 94.6 cm³/mol. The standard InChI is InChI=1S/C17H22N4O2S/c1-4-21-10(3)12(8-19-21)16(23)20-17-14(15(18)22)11-6-5-9(2)7-13(11)24-17/h8-9H,4-7H2,1-3H3,(H2,18,22)(H,20,23). The topological polar surface area (TPSA) is 90.0 Å². The number of nitrogens with two attached hydrogens (primary N) is 1. The molecule has 0 radical (unpaired) electrons. The van der Waals surface area contributed by atoms with Crippen LogP contribution in [0.3, 0.4) is 0 Å². The van der Waals surface area contributed by atoms with Crippen LogP contribution in [0.1, 0.15) is 57.1 Å². The molecule has 3 rings (SSSR count). The molecule has 7 heteroatoms. The molecule has 6 nitrogen and oxygen atoms in total. The lowest BCUT2D eigenvalue weighted by molar-refractivity contribution is 0.1000. The Morgan fingerprint density at radius 3 is 2.88 bits per heavy atom. The van der Waals surface area contributed by atoms with Crippen LogP contribution in [0.2, 0.25) is 0 Å². The van der Waals surface area contributed by atoms with Gasteiger partial charge in [-0.2, -0.15) is 5.10 Å². The number of aryl methyl sites for hydroxylation is 1. The van der Waals surface area contributed by atoms with Crippen LogP contribution in [0.15, 0.2) is 6.20 Å². The Balaban J connectivity index is 1.93. The Kier molecular flexibility index (Phi) is 4.45. The van der Waals surface area contributed by atoms with Crippen LogP contribution in [0.4, 0.5) is 5.00 Å². The molecule has 0 bridgehead atoms. The normalized spacial score (nSPS) is 16.7. The second kappa shape index (κ2) is 6.39. The average molecular weight is 346 g/mol. The van der Waals surface area contributed by atoms with Crippen molar-refractivity contribution in [3.05, 3.63) is 33.5 Å². The van der Waals surface area contributed by atoms with Crippen molar-refractivity contribution in [1.82, 2.24) is 9.78 Å². The number of hydrogen-bond donors (Lipinski definition) is 2. The van der Waals surface area contributed by atoms with Gasteiger partial charge in [-0.05, 0) is 44.6 Å². The lowest BCUT2D eigenvalue weighted by Gasteiger charge is -2.18. The second-order valence-corrected chi connectivity index (χ2v) is 7.44. The van der Waals surface area contributed by atoms with Crippen molar-refractivity contribution in [2.45, 2.75) is 46.6 Å². The van der Waals surface area contributed by atoms with Gasteiger partial charge in [0.15, 0.2) is 0 Å². The first kappa shape index (κ1) is 16.7. The van der Waals surface area contributed by atoms with Gasteiger partial charge in [0.2, 0.25) is 0 Å². The minimum Gasteiger partial charge on any atom is -0.365 e. The van der Waals surface area contributed by atoms with E-state index in [4.69, 9.17) is 5.73 Å². The number of carbonyl (C=O) groups excluding carboxylic acids is 2. The third-order valence-electron chi connectivity index (χ3n) is 4.63. The van der Waals surface area contributed by atoms with E-state index in [1.165, 1.54) is 16.2 Å². The van der Waals surface area contributed by atoms with Gasteiger partial charge in [0.05, 0.1) is 17.3 Å². The smallest absolute Gasteiger partial charge is 0.259 e. The number of amides is 2. The van der Waals surface area contributed by atoms with Crippen molar-refractivity contribution < 1.29 is 9.59 Å². The number of hydrogen-bond acceptors (Lipinski definition) is 4. The third-order valence-corrected chi connectivity index (χ3v) is 5.80. The molecular weight excluding hydrogens is 324 g/mol. The highest BCUT2D eigenvalue weighted by molar-refractivity contribution is 7.17. The molecule has 0 saturated heterocycles. The van der Waals surface area contributed by atoms with Crippen molar-refractivity contribution in [3.63, 3.8) is 0 Å². The molecule has 128 valence electrons. The number of aromatic nitrogens is 2. The Morgan fingerprint density at radius 2 is 2.25 bits per heavy atom. The van der Waals surface area contributed by atoms with Crippen molar-refractivity contribution in [2.24, 2.45) is 11.7 Å². The predicted octanol–water partition coefficient (Wildman–Crippen LogP) is 2.75. The summed E-state index contributed by atoms with van der Waals surface area (Å²) in [4.78, 5) is 25.7. The molecule has 2 heterocycles. The Hall–Kier alpha value is -2.15. The minimum atomic E-state index is -0.474. The SMILES string of the molecule is CCn1ncc(C(=O)Nc2sc3c(c2C(N)=O)CCC(C)C3)c1C. The number of primary amides is 1. The number of fused-ring (bicyclic) bond motifs is 1. The van der Waals surface area contributed by atoms with E-state index >= 15 is 0 Å². The number of carbonyl (C=O) groups is 2. The van der Waals surface area contributed by atoms with Gasteiger partial charge in [-0.1, -0.05) is 6.92 Å². The highest BCUT2D eigenvalue weighted by Crippen LogP contribution is 2.39. The lowest BCUT2D eigenvalue weighted by Crippen LogP contribution is -2.19. The summed E-state index contributed by atoms with van der Waals surface area (Å²) in [5.74, 6) is -0.134. The lowest BCUT2D eigenvalue weighted by atomic mass is 9.88. The average Bonchev–Trinajstić information content (AvgIpc) is 3.06. The minimum absolute atomic E-state index is 0.249. The van der Waals surface area contributed by atoms with Crippen LogP contribution in [-0.4, -0.2) is 21.6 Å². The van der Waals surface area contributed by atoms with Gasteiger partial charge in [-0.25, -0.2) is 0 Å². The molecule has 0 aromatic carbocycles. The van der Waals surface area contributed by atoms with Crippen LogP contribution < -0.4 is 11.1 Å². The van der Waals surface area contributed by atoms with Crippen molar-refractivity contribution in [3.8, 4) is 0 Å². The van der Waals surface area contributed by atoms with E-state index < -0.39 is 5.91 Å². The molecule has 1 atom stereocenters. The molecule has 1 aliphatic carbocycles. The zero-order valence-corrected chi connectivity index (χ0v) is 15.0. The molecule has 2 aromatic rings. The Morgan fingerprint density at radius 1 is 1.50 bits per heavy atom. The quantitative estimate of drug-likeness (QED) is 0.892. The van der Waals surface area contributed by atoms with E-state index in [1.54, 1.807) is 10.9 Å². The highest BCUT2D eigenvalue weighted by Gasteiger charge is 2.27. The van der Waals surface area contributed by atoms with Crippen LogP contribution >= 0.6 is 11.3 Å². The molecule has 24 heavy (non-hydrogen) atoms. The van der Waals surface area contributed by atoms with Gasteiger partial charge >= 0.3 is 0 Å². The summed E-state index contributed by atoms with van der Waals surface area (Å²) in [5, 5.41) is 7.65. The van der Waals surface area contributed by atoms with Gasteiger partial charge in [-0.3, -0.25) is 14.3 Å². The fraction of sp³-hybridized carbons (Fsp3) is 0.471. The maximum absolute atomic E-state index is 12.6. The number of thiophene rings is 1. The molecule has 3 N–H and O–H groups in total. The Labute approximate surface area is 145 Å². The van der Waals surface area contributed by atoms with Crippen molar-refractivity contribution in [2.75, 3.05) is 5.32 Å². The largest absolute Gasteiger partial charge is 0.365 e. The second-order valence-electron chi connectivity index (χ2n) is 6.33. The first-order chi connectivity index (χ1) is 11.4. The molecule has 1 aliphatic rings. The fourth-order valence-electron chi connectivity index (χ4n) is 3.26. The maximum atomic E-state index is 12.6. The van der Waals surface area contributed by atoms with Gasteiger partial charge in [0.25, 0.3) is 11.8 Å². The molecule has 2 aromatic heterocycles. The first-order valence-corrected chi connectivity index (χ1v) is 9.02. The zero-order chi connectivity index (χ0) is 17.4. The summed E-state index contributed by atoms with van der Waals surface area (Å²) >= 11 is 1.48. The van der Waals surface area contributed by atoms with E-state index in [1.807, 2.05) is 13.8 Å². The van der Waals surface area contributed by atoms with Crippen molar-refractivity contribution in [1.29, 1.82) is 0 Å². The van der Waals surface area contributed by atoms with Crippen LogP contribution in [0.5, 0.6) is 0 Å². The number of rotatable bonds is 4. The number of anilines is 1. The first-order valence-electron chi connectivity index (χ1n) is 8.20. The Bertz CT molecular complexity index is 806. The van der Waals surface area contributed by atoms with E-state index in [0.717, 1.165) is 30.5 Å². The van der Waals surface area contributed by atoms with E-state index in [0.29, 0.717) is 28.6 Å². The third kappa shape index (κ3) is 2.84. The van der Waals surface area contributed by atoms with Gasteiger partial charge in [-0.15, -0.1) is 11.3 Å². The van der Waals surface area contributed by atoms with Gasteiger partial charge in [0.1, 0.15) is 5.00 Å². The van der Waals surface area contributed by atoms with E-state index in [9.17, 15) is 9.59 Å². The maximum Gasteiger partial charge on any atom is 0.259 e. The summed E-state index contributed by atoms with van der Waals surface area (Å²) in [7, 11) is 0. The molecule has 1 unspecified atom stereocenters. The zero-order valence-electron chi connectivity index (χ0n) is 14.2. The number of nitrogens with one attached hydrogen (secondary N) is 1. The van der Waals surface area contributed by atoms with Crippen molar-refractivity contribution >= 4 is 28.2 Å². The molecule has 0 saturated carbocycles. The van der Waals surface area contributed by atoms with E-state index in [2.05, 4.69) is 17.3 Å². The monoisotopic (exact) mass is 346 g/mol. The van der Waals surface area contributed by atoms with E-state index in [-0.39, 0.29) is 5.91 Å². The molecular formula is C17H22N4O2S. The van der Waals surface area contributed by atoms with Crippen LogP contribution in [-0.2, 0) is 19.4 Å². The fourth-order valence-corrected chi connectivity index (χ4v) is 4.67. The van der Waals surface area contributed by atoms with Gasteiger partial charge in [0, 0.05) is 17.1 Å². The van der Waals surface area contributed by atoms with Crippen LogP contribution in [0.25, 0.3) is 0 Å². The molecule has 0 spiro atoms. The summed E-state index contributed by atoms with van der Waals surface area (Å²) in [6.07, 6.45) is 4.38. The van der Waals surface area contributed by atoms with Crippen LogP contribution in [0, 0.1) is 12.8 Å². The van der Waals surface area contributed by atoms with Gasteiger partial charge < -0.3 is 11.1 Å². The molecule has 0 fully saturated rings.